The molecular formula is C33H36N4O. The zero-order valence-corrected chi connectivity index (χ0v) is 23.0. The van der Waals surface area contributed by atoms with E-state index in [2.05, 4.69) is 98.9 Å². The van der Waals surface area contributed by atoms with Crippen molar-refractivity contribution in [3.05, 3.63) is 126 Å². The lowest BCUT2D eigenvalue weighted by atomic mass is 9.84. The highest BCUT2D eigenvalue weighted by atomic mass is 16.1. The van der Waals surface area contributed by atoms with Crippen LogP contribution in [0.15, 0.2) is 98.1 Å². The second-order valence-electron chi connectivity index (χ2n) is 10.3. The largest absolute Gasteiger partial charge is 0.355 e. The number of allylic oxidation sites excluding steroid dienone is 2. The summed E-state index contributed by atoms with van der Waals surface area (Å²) in [6, 6.07) is 20.9. The molecule has 0 spiro atoms. The van der Waals surface area contributed by atoms with Gasteiger partial charge < -0.3 is 10.2 Å². The van der Waals surface area contributed by atoms with E-state index in [1.807, 2.05) is 42.4 Å². The third-order valence-corrected chi connectivity index (χ3v) is 6.98. The molecule has 5 heteroatoms. The normalized spacial score (nSPS) is 14.0. The zero-order valence-electron chi connectivity index (χ0n) is 23.0. The van der Waals surface area contributed by atoms with E-state index in [1.54, 1.807) is 6.92 Å². The Hall–Kier alpha value is -4.38. The Labute approximate surface area is 226 Å². The van der Waals surface area contributed by atoms with Crippen LogP contribution in [0.25, 0.3) is 17.3 Å². The van der Waals surface area contributed by atoms with Crippen molar-refractivity contribution in [2.24, 2.45) is 0 Å². The SMILES string of the molecule is C=C/C(=C\c1ccccc1C)c1ccnc(C2=CN(C)C(=C)N2c2ccc(C(C)(C)CNC(C)=O)cc2)c1. The summed E-state index contributed by atoms with van der Waals surface area (Å²) in [5.41, 5.74) is 8.21. The van der Waals surface area contributed by atoms with Gasteiger partial charge in [-0.25, -0.2) is 0 Å². The number of anilines is 1. The van der Waals surface area contributed by atoms with E-state index in [4.69, 9.17) is 4.98 Å². The van der Waals surface area contributed by atoms with Crippen LogP contribution in [0.5, 0.6) is 0 Å². The number of pyridine rings is 1. The molecule has 5 nitrogen and oxygen atoms in total. The number of amides is 1. The third-order valence-electron chi connectivity index (χ3n) is 6.98. The van der Waals surface area contributed by atoms with Crippen LogP contribution in [0.3, 0.4) is 0 Å². The molecule has 1 amide bonds. The van der Waals surface area contributed by atoms with Gasteiger partial charge in [0.2, 0.25) is 5.91 Å². The molecular weight excluding hydrogens is 468 g/mol. The molecule has 0 fully saturated rings. The number of rotatable bonds is 8. The highest BCUT2D eigenvalue weighted by Crippen LogP contribution is 2.37. The maximum absolute atomic E-state index is 11.4. The summed E-state index contributed by atoms with van der Waals surface area (Å²) in [6.07, 6.45) is 7.95. The summed E-state index contributed by atoms with van der Waals surface area (Å²) < 4.78 is 0. The number of aryl methyl sites for hydroxylation is 1. The van der Waals surface area contributed by atoms with Crippen LogP contribution in [-0.4, -0.2) is 29.4 Å². The molecule has 1 aromatic heterocycles. The Morgan fingerprint density at radius 1 is 1.11 bits per heavy atom. The van der Waals surface area contributed by atoms with E-state index >= 15 is 0 Å². The van der Waals surface area contributed by atoms with E-state index < -0.39 is 0 Å². The molecule has 1 aliphatic heterocycles. The molecule has 0 aliphatic carbocycles. The number of nitrogens with zero attached hydrogens (tertiary/aromatic N) is 3. The summed E-state index contributed by atoms with van der Waals surface area (Å²) in [5.74, 6) is 0.820. The molecule has 0 radical (unpaired) electrons. The van der Waals surface area contributed by atoms with E-state index in [9.17, 15) is 4.79 Å². The molecule has 0 bridgehead atoms. The molecule has 2 aromatic carbocycles. The first-order valence-electron chi connectivity index (χ1n) is 12.8. The van der Waals surface area contributed by atoms with Crippen molar-refractivity contribution in [3.63, 3.8) is 0 Å². The third kappa shape index (κ3) is 5.62. The molecule has 194 valence electrons. The van der Waals surface area contributed by atoms with Gasteiger partial charge in [0.25, 0.3) is 0 Å². The lowest BCUT2D eigenvalue weighted by Gasteiger charge is -2.28. The van der Waals surface area contributed by atoms with Crippen molar-refractivity contribution in [1.82, 2.24) is 15.2 Å². The van der Waals surface area contributed by atoms with Crippen LogP contribution in [0.1, 0.15) is 48.7 Å². The van der Waals surface area contributed by atoms with E-state index in [1.165, 1.54) is 5.56 Å². The molecule has 2 heterocycles. The summed E-state index contributed by atoms with van der Waals surface area (Å²) >= 11 is 0. The average molecular weight is 505 g/mol. The van der Waals surface area contributed by atoms with Crippen LogP contribution < -0.4 is 10.2 Å². The Morgan fingerprint density at radius 3 is 2.47 bits per heavy atom. The number of carbonyl (C=O) groups excluding carboxylic acids is 1. The van der Waals surface area contributed by atoms with Crippen LogP contribution in [0.2, 0.25) is 0 Å². The minimum atomic E-state index is -0.192. The number of hydrogen-bond donors (Lipinski definition) is 1. The number of aromatic nitrogens is 1. The highest BCUT2D eigenvalue weighted by Gasteiger charge is 2.28. The first-order valence-corrected chi connectivity index (χ1v) is 12.8. The quantitative estimate of drug-likeness (QED) is 0.345. The van der Waals surface area contributed by atoms with Gasteiger partial charge in [0.1, 0.15) is 5.82 Å². The molecule has 1 N–H and O–H groups in total. The maximum atomic E-state index is 11.4. The summed E-state index contributed by atoms with van der Waals surface area (Å²) in [6.45, 7) is 16.9. The lowest BCUT2D eigenvalue weighted by molar-refractivity contribution is -0.119. The fourth-order valence-corrected chi connectivity index (χ4v) is 4.52. The van der Waals surface area contributed by atoms with Crippen LogP contribution in [-0.2, 0) is 10.2 Å². The predicted octanol–water partition coefficient (Wildman–Crippen LogP) is 6.75. The monoisotopic (exact) mass is 504 g/mol. The van der Waals surface area contributed by atoms with Crippen molar-refractivity contribution >= 4 is 28.9 Å². The zero-order chi connectivity index (χ0) is 27.4. The second-order valence-corrected chi connectivity index (χ2v) is 10.3. The first-order chi connectivity index (χ1) is 18.1. The van der Waals surface area contributed by atoms with Gasteiger partial charge in [-0.3, -0.25) is 14.7 Å². The fraction of sp³-hybridized carbons (Fsp3) is 0.212. The standard InChI is InChI=1S/C33H36N4O/c1-8-26(19-27-12-10-9-11-23(27)2)28-17-18-34-31(20-28)32-21-36(7)25(4)37(32)30-15-13-29(14-16-30)33(5,6)22-35-24(3)38/h8-21H,1,4,22H2,2-3,5-7H3,(H,35,38)/b26-19+. The molecule has 1 aliphatic rings. The highest BCUT2D eigenvalue weighted by molar-refractivity contribution is 5.90. The van der Waals surface area contributed by atoms with Crippen LogP contribution >= 0.6 is 0 Å². The minimum absolute atomic E-state index is 0.0241. The number of benzene rings is 2. The van der Waals surface area contributed by atoms with E-state index in [0.717, 1.165) is 45.2 Å². The van der Waals surface area contributed by atoms with Gasteiger partial charge in [0.15, 0.2) is 0 Å². The van der Waals surface area contributed by atoms with Gasteiger partial charge in [-0.05, 0) is 65.1 Å². The van der Waals surface area contributed by atoms with Crippen molar-refractivity contribution in [3.8, 4) is 0 Å². The lowest BCUT2D eigenvalue weighted by Crippen LogP contribution is -2.35. The van der Waals surface area contributed by atoms with Gasteiger partial charge in [-0.15, -0.1) is 0 Å². The molecule has 0 saturated heterocycles. The molecule has 0 atom stereocenters. The molecule has 38 heavy (non-hydrogen) atoms. The first kappa shape index (κ1) is 26.7. The van der Waals surface area contributed by atoms with Crippen LogP contribution in [0.4, 0.5) is 5.69 Å². The van der Waals surface area contributed by atoms with Gasteiger partial charge >= 0.3 is 0 Å². The Balaban J connectivity index is 1.66. The average Bonchev–Trinajstić information content (AvgIpc) is 3.21. The van der Waals surface area contributed by atoms with Crippen molar-refractivity contribution in [1.29, 1.82) is 0 Å². The Morgan fingerprint density at radius 2 is 1.82 bits per heavy atom. The summed E-state index contributed by atoms with van der Waals surface area (Å²) in [4.78, 5) is 20.3. The molecule has 0 unspecified atom stereocenters. The number of nitrogens with one attached hydrogen (secondary N) is 1. The van der Waals surface area contributed by atoms with Gasteiger partial charge in [0, 0.05) is 44.0 Å². The second kappa shape index (κ2) is 10.9. The van der Waals surface area contributed by atoms with Gasteiger partial charge in [-0.2, -0.15) is 0 Å². The molecule has 0 saturated carbocycles. The summed E-state index contributed by atoms with van der Waals surface area (Å²) in [5, 5.41) is 2.93. The molecule has 3 aromatic rings. The smallest absolute Gasteiger partial charge is 0.216 e. The van der Waals surface area contributed by atoms with E-state index in [-0.39, 0.29) is 11.3 Å². The summed E-state index contributed by atoms with van der Waals surface area (Å²) in [7, 11) is 1.99. The van der Waals surface area contributed by atoms with Crippen molar-refractivity contribution in [2.75, 3.05) is 18.5 Å². The number of carbonyl (C=O) groups is 1. The number of hydrogen-bond acceptors (Lipinski definition) is 4. The van der Waals surface area contributed by atoms with Crippen molar-refractivity contribution in [2.45, 2.75) is 33.1 Å². The maximum Gasteiger partial charge on any atom is 0.216 e. The van der Waals surface area contributed by atoms with Crippen molar-refractivity contribution < 1.29 is 4.79 Å². The van der Waals surface area contributed by atoms with Crippen LogP contribution in [0, 0.1) is 6.92 Å². The predicted molar refractivity (Wildman–Crippen MR) is 159 cm³/mol. The molecule has 4 rings (SSSR count). The fourth-order valence-electron chi connectivity index (χ4n) is 4.52. The minimum Gasteiger partial charge on any atom is -0.355 e. The van der Waals surface area contributed by atoms with Gasteiger partial charge in [0.05, 0.1) is 11.4 Å². The Bertz CT molecular complexity index is 1430. The van der Waals surface area contributed by atoms with Gasteiger partial charge in [-0.1, -0.05) is 69.5 Å². The van der Waals surface area contributed by atoms with E-state index in [0.29, 0.717) is 6.54 Å². The topological polar surface area (TPSA) is 48.5 Å². The Kier molecular flexibility index (Phi) is 7.67.